The summed E-state index contributed by atoms with van der Waals surface area (Å²) in [5.41, 5.74) is 9.53. The molecule has 19 heavy (non-hydrogen) atoms. The van der Waals surface area contributed by atoms with Crippen LogP contribution in [0.25, 0.3) is 0 Å². The number of thioether (sulfide) groups is 1. The van der Waals surface area contributed by atoms with E-state index < -0.39 is 0 Å². The molecule has 0 heterocycles. The highest BCUT2D eigenvalue weighted by molar-refractivity contribution is 7.98. The number of nitrogens with two attached hydrogens (primary N) is 1. The van der Waals surface area contributed by atoms with Crippen molar-refractivity contribution >= 4 is 17.6 Å². The van der Waals surface area contributed by atoms with Gasteiger partial charge in [0.05, 0.1) is 5.84 Å². The summed E-state index contributed by atoms with van der Waals surface area (Å²) in [6.45, 7) is 8.39. The Hall–Kier alpha value is -0.960. The van der Waals surface area contributed by atoms with E-state index in [0.29, 0.717) is 5.84 Å². The quantitative estimate of drug-likeness (QED) is 0.444. The molecule has 3 N–H and O–H groups in total. The molecule has 0 aromatic heterocycles. The average Bonchev–Trinajstić information content (AvgIpc) is 2.26. The lowest BCUT2D eigenvalue weighted by Gasteiger charge is -2.22. The molecule has 0 aliphatic heterocycles. The Bertz CT molecular complexity index is 418. The number of amidine groups is 1. The number of benzene rings is 1. The average molecular weight is 278 g/mol. The SMILES string of the molecule is Cc1cc(C)cc(CSCCCC(C)(C)C(=N)N)c1. The maximum atomic E-state index is 7.53. The van der Waals surface area contributed by atoms with Crippen molar-refractivity contribution in [2.75, 3.05) is 5.75 Å². The van der Waals surface area contributed by atoms with E-state index in [9.17, 15) is 0 Å². The van der Waals surface area contributed by atoms with E-state index in [4.69, 9.17) is 11.1 Å². The first kappa shape index (κ1) is 16.1. The minimum Gasteiger partial charge on any atom is -0.387 e. The molecule has 1 aromatic carbocycles. The molecule has 2 nitrogen and oxygen atoms in total. The normalized spacial score (nSPS) is 11.6. The molecule has 0 aliphatic carbocycles. The molecule has 0 radical (unpaired) electrons. The summed E-state index contributed by atoms with van der Waals surface area (Å²) in [4.78, 5) is 0. The van der Waals surface area contributed by atoms with Crippen LogP contribution in [-0.2, 0) is 5.75 Å². The maximum absolute atomic E-state index is 7.53. The molecule has 0 spiro atoms. The van der Waals surface area contributed by atoms with Crippen molar-refractivity contribution in [3.05, 3.63) is 34.9 Å². The van der Waals surface area contributed by atoms with Crippen molar-refractivity contribution in [1.82, 2.24) is 0 Å². The third-order valence-corrected chi connectivity index (χ3v) is 4.48. The van der Waals surface area contributed by atoms with Gasteiger partial charge in [-0.3, -0.25) is 5.41 Å². The molecule has 0 saturated carbocycles. The molecule has 1 rings (SSSR count). The van der Waals surface area contributed by atoms with E-state index in [1.165, 1.54) is 16.7 Å². The van der Waals surface area contributed by atoms with Crippen LogP contribution in [-0.4, -0.2) is 11.6 Å². The van der Waals surface area contributed by atoms with Gasteiger partial charge in [-0.15, -0.1) is 0 Å². The van der Waals surface area contributed by atoms with E-state index in [1.54, 1.807) is 0 Å². The molecule has 3 heteroatoms. The number of hydrogen-bond donors (Lipinski definition) is 2. The lowest BCUT2D eigenvalue weighted by Crippen LogP contribution is -2.30. The molecule has 0 bridgehead atoms. The standard InChI is InChI=1S/C16H26N2S/c1-12-8-13(2)10-14(9-12)11-19-7-5-6-16(3,4)15(17)18/h8-10H,5-7,11H2,1-4H3,(H3,17,18). The second kappa shape index (κ2) is 6.99. The molecule has 106 valence electrons. The number of aryl methyl sites for hydroxylation is 2. The minimum atomic E-state index is -0.152. The van der Waals surface area contributed by atoms with Gasteiger partial charge in [-0.05, 0) is 38.0 Å². The van der Waals surface area contributed by atoms with Gasteiger partial charge in [0.25, 0.3) is 0 Å². The summed E-state index contributed by atoms with van der Waals surface area (Å²) in [5, 5.41) is 7.53. The Morgan fingerprint density at radius 1 is 1.21 bits per heavy atom. The summed E-state index contributed by atoms with van der Waals surface area (Å²) < 4.78 is 0. The van der Waals surface area contributed by atoms with Crippen molar-refractivity contribution in [3.8, 4) is 0 Å². The lowest BCUT2D eigenvalue weighted by atomic mass is 9.87. The molecule has 0 saturated heterocycles. The van der Waals surface area contributed by atoms with Crippen molar-refractivity contribution in [2.45, 2.75) is 46.3 Å². The zero-order valence-corrected chi connectivity index (χ0v) is 13.4. The van der Waals surface area contributed by atoms with Gasteiger partial charge in [0.15, 0.2) is 0 Å². The van der Waals surface area contributed by atoms with Crippen molar-refractivity contribution in [3.63, 3.8) is 0 Å². The van der Waals surface area contributed by atoms with Gasteiger partial charge in [0, 0.05) is 11.2 Å². The van der Waals surface area contributed by atoms with Gasteiger partial charge in [-0.2, -0.15) is 11.8 Å². The zero-order chi connectivity index (χ0) is 14.5. The molecule has 0 unspecified atom stereocenters. The topological polar surface area (TPSA) is 49.9 Å². The third kappa shape index (κ3) is 5.68. The Kier molecular flexibility index (Phi) is 5.92. The maximum Gasteiger partial charge on any atom is 0.0963 e. The number of rotatable bonds is 7. The van der Waals surface area contributed by atoms with Gasteiger partial charge in [0.2, 0.25) is 0 Å². The monoisotopic (exact) mass is 278 g/mol. The van der Waals surface area contributed by atoms with E-state index in [2.05, 4.69) is 32.0 Å². The van der Waals surface area contributed by atoms with Crippen LogP contribution < -0.4 is 5.73 Å². The molecule has 0 aliphatic rings. The summed E-state index contributed by atoms with van der Waals surface area (Å²) in [6.07, 6.45) is 2.10. The van der Waals surface area contributed by atoms with Crippen LogP contribution in [0.5, 0.6) is 0 Å². The fourth-order valence-corrected chi connectivity index (χ4v) is 2.99. The smallest absolute Gasteiger partial charge is 0.0963 e. The number of hydrogen-bond acceptors (Lipinski definition) is 2. The van der Waals surface area contributed by atoms with Crippen LogP contribution in [0.15, 0.2) is 18.2 Å². The number of nitrogens with one attached hydrogen (secondary N) is 1. The zero-order valence-electron chi connectivity index (χ0n) is 12.5. The molecular weight excluding hydrogens is 252 g/mol. The van der Waals surface area contributed by atoms with Crippen molar-refractivity contribution < 1.29 is 0 Å². The van der Waals surface area contributed by atoms with E-state index >= 15 is 0 Å². The minimum absolute atomic E-state index is 0.152. The fourth-order valence-electron chi connectivity index (χ4n) is 2.09. The Morgan fingerprint density at radius 2 is 1.79 bits per heavy atom. The Balaban J connectivity index is 2.30. The highest BCUT2D eigenvalue weighted by Gasteiger charge is 2.20. The molecule has 1 aromatic rings. The second-order valence-corrected chi connectivity index (χ2v) is 7.05. The third-order valence-electron chi connectivity index (χ3n) is 3.37. The first-order chi connectivity index (χ1) is 8.81. The van der Waals surface area contributed by atoms with E-state index in [0.717, 1.165) is 24.3 Å². The summed E-state index contributed by atoms with van der Waals surface area (Å²) >= 11 is 1.96. The predicted octanol–water partition coefficient (Wildman–Crippen LogP) is 4.28. The summed E-state index contributed by atoms with van der Waals surface area (Å²) in [6, 6.07) is 6.74. The highest BCUT2D eigenvalue weighted by atomic mass is 32.2. The fraction of sp³-hybridized carbons (Fsp3) is 0.562. The first-order valence-corrected chi connectivity index (χ1v) is 7.96. The molecule has 0 amide bonds. The van der Waals surface area contributed by atoms with Gasteiger partial charge >= 0.3 is 0 Å². The van der Waals surface area contributed by atoms with Crippen molar-refractivity contribution in [2.24, 2.45) is 11.1 Å². The van der Waals surface area contributed by atoms with Gasteiger partial charge in [-0.25, -0.2) is 0 Å². The largest absolute Gasteiger partial charge is 0.387 e. The second-order valence-electron chi connectivity index (χ2n) is 5.95. The predicted molar refractivity (Wildman–Crippen MR) is 87.0 cm³/mol. The van der Waals surface area contributed by atoms with Crippen LogP contribution in [0.2, 0.25) is 0 Å². The van der Waals surface area contributed by atoms with Gasteiger partial charge in [-0.1, -0.05) is 43.2 Å². The van der Waals surface area contributed by atoms with Crippen LogP contribution >= 0.6 is 11.8 Å². The van der Waals surface area contributed by atoms with E-state index in [-0.39, 0.29) is 5.41 Å². The Labute approximate surface area is 121 Å². The van der Waals surface area contributed by atoms with Gasteiger partial charge in [0.1, 0.15) is 0 Å². The van der Waals surface area contributed by atoms with Crippen molar-refractivity contribution in [1.29, 1.82) is 5.41 Å². The van der Waals surface area contributed by atoms with Crippen LogP contribution in [0.3, 0.4) is 0 Å². The Morgan fingerprint density at radius 3 is 2.32 bits per heavy atom. The molecule has 0 fully saturated rings. The van der Waals surface area contributed by atoms with E-state index in [1.807, 2.05) is 25.6 Å². The lowest BCUT2D eigenvalue weighted by molar-refractivity contribution is 0.464. The summed E-state index contributed by atoms with van der Waals surface area (Å²) in [5.74, 6) is 2.50. The molecular formula is C16H26N2S. The van der Waals surface area contributed by atoms with Gasteiger partial charge < -0.3 is 5.73 Å². The van der Waals surface area contributed by atoms with Crippen LogP contribution in [0.4, 0.5) is 0 Å². The first-order valence-electron chi connectivity index (χ1n) is 6.81. The summed E-state index contributed by atoms with van der Waals surface area (Å²) in [7, 11) is 0. The van der Waals surface area contributed by atoms with Crippen LogP contribution in [0.1, 0.15) is 43.4 Å². The van der Waals surface area contributed by atoms with Crippen LogP contribution in [0, 0.1) is 24.7 Å². The molecule has 0 atom stereocenters. The highest BCUT2D eigenvalue weighted by Crippen LogP contribution is 2.24.